The van der Waals surface area contributed by atoms with Crippen LogP contribution in [0.25, 0.3) is 81.0 Å². The van der Waals surface area contributed by atoms with Crippen molar-refractivity contribution in [3.05, 3.63) is 273 Å². The van der Waals surface area contributed by atoms with Gasteiger partial charge in [0.1, 0.15) is 0 Å². The molecule has 11 aromatic carbocycles. The van der Waals surface area contributed by atoms with E-state index in [2.05, 4.69) is 287 Å². The lowest BCUT2D eigenvalue weighted by atomic mass is 10.0. The maximum Gasteiger partial charge on any atom is 0.0555 e. The Labute approximate surface area is 411 Å². The molecule has 0 aliphatic rings. The summed E-state index contributed by atoms with van der Waals surface area (Å²) in [6.45, 7) is 0. The van der Waals surface area contributed by atoms with Crippen LogP contribution in [0.3, 0.4) is 0 Å². The van der Waals surface area contributed by atoms with Crippen LogP contribution in [0.1, 0.15) is 0 Å². The van der Waals surface area contributed by atoms with Gasteiger partial charge >= 0.3 is 0 Å². The first-order valence-electron chi connectivity index (χ1n) is 23.8. The molecule has 2 heterocycles. The van der Waals surface area contributed by atoms with E-state index in [0.29, 0.717) is 0 Å². The molecule has 13 rings (SSSR count). The quantitative estimate of drug-likeness (QED) is 0.135. The Morgan fingerprint density at radius 1 is 0.243 bits per heavy atom. The van der Waals surface area contributed by atoms with Crippen LogP contribution in [-0.2, 0) is 0 Å². The number of nitrogens with zero attached hydrogens (tertiary/aromatic N) is 3. The molecule has 0 aliphatic heterocycles. The first-order chi connectivity index (χ1) is 34.7. The molecule has 0 N–H and O–H groups in total. The number of aromatic nitrogens is 1. The number of rotatable bonds is 10. The maximum absolute atomic E-state index is 2.45. The minimum Gasteiger partial charge on any atom is -0.311 e. The van der Waals surface area contributed by atoms with Crippen LogP contribution in [-0.4, -0.2) is 4.57 Å². The summed E-state index contributed by atoms with van der Waals surface area (Å²) in [4.78, 5) is 4.72. The molecular formula is C66H45N3S. The van der Waals surface area contributed by atoms with E-state index in [1.165, 1.54) is 64.2 Å². The topological polar surface area (TPSA) is 11.4 Å². The lowest BCUT2D eigenvalue weighted by Crippen LogP contribution is -2.10. The van der Waals surface area contributed by atoms with Gasteiger partial charge in [-0.15, -0.1) is 11.3 Å². The Morgan fingerprint density at radius 3 is 1.29 bits per heavy atom. The van der Waals surface area contributed by atoms with Crippen LogP contribution in [0.4, 0.5) is 34.1 Å². The predicted octanol–water partition coefficient (Wildman–Crippen LogP) is 19.1. The summed E-state index contributed by atoms with van der Waals surface area (Å²) in [6, 6.07) is 99.0. The number of anilines is 6. The molecular weight excluding hydrogens is 867 g/mol. The Balaban J connectivity index is 0.959. The van der Waals surface area contributed by atoms with Crippen LogP contribution >= 0.6 is 11.3 Å². The highest BCUT2D eigenvalue weighted by Gasteiger charge is 2.21. The van der Waals surface area contributed by atoms with Crippen LogP contribution in [0.2, 0.25) is 0 Å². The zero-order valence-electron chi connectivity index (χ0n) is 38.2. The standard InChI is InChI=1S/C66H45N3S/c1-5-16-46(17-6-1)48-28-34-55(35-29-48)68(57-25-15-20-51(42-57)50-32-36-54(37-33-50)67(52-21-9-3-10-22-52)53-23-11-4-12-24-53)58-40-41-63-60(43-58)61-44-62-59-26-13-14-27-65(59)70-66(62)45-64(61)69(63)56-38-30-49(31-39-56)47-18-7-2-8-19-47/h1-45H. The van der Waals surface area contributed by atoms with E-state index in [1.54, 1.807) is 0 Å². The monoisotopic (exact) mass is 911 g/mol. The Kier molecular flexibility index (Phi) is 10.4. The van der Waals surface area contributed by atoms with Gasteiger partial charge in [0.25, 0.3) is 0 Å². The summed E-state index contributed by atoms with van der Waals surface area (Å²) in [5, 5.41) is 5.02. The number of fused-ring (bicyclic) bond motifs is 6. The van der Waals surface area contributed by atoms with Crippen molar-refractivity contribution in [1.82, 2.24) is 4.57 Å². The van der Waals surface area contributed by atoms with Gasteiger partial charge < -0.3 is 14.4 Å². The van der Waals surface area contributed by atoms with Crippen LogP contribution in [0.5, 0.6) is 0 Å². The van der Waals surface area contributed by atoms with E-state index in [0.717, 1.165) is 50.9 Å². The number of thiophene rings is 1. The fraction of sp³-hybridized carbons (Fsp3) is 0. The lowest BCUT2D eigenvalue weighted by Gasteiger charge is -2.27. The van der Waals surface area contributed by atoms with Gasteiger partial charge in [0.15, 0.2) is 0 Å². The smallest absolute Gasteiger partial charge is 0.0555 e. The summed E-state index contributed by atoms with van der Waals surface area (Å²) in [7, 11) is 0. The zero-order chi connectivity index (χ0) is 46.4. The summed E-state index contributed by atoms with van der Waals surface area (Å²) in [5.41, 5.74) is 17.2. The Bertz CT molecular complexity index is 3920. The van der Waals surface area contributed by atoms with Crippen molar-refractivity contribution < 1.29 is 0 Å². The summed E-state index contributed by atoms with van der Waals surface area (Å²) in [5.74, 6) is 0. The second kappa shape index (κ2) is 17.6. The minimum absolute atomic E-state index is 1.08. The van der Waals surface area contributed by atoms with Crippen LogP contribution < -0.4 is 9.80 Å². The van der Waals surface area contributed by atoms with Crippen molar-refractivity contribution in [3.8, 4) is 39.1 Å². The summed E-state index contributed by atoms with van der Waals surface area (Å²) < 4.78 is 5.04. The molecule has 2 aromatic heterocycles. The van der Waals surface area contributed by atoms with Gasteiger partial charge in [-0.3, -0.25) is 0 Å². The molecule has 0 radical (unpaired) electrons. The van der Waals surface area contributed by atoms with Crippen molar-refractivity contribution in [1.29, 1.82) is 0 Å². The van der Waals surface area contributed by atoms with Gasteiger partial charge in [-0.2, -0.15) is 0 Å². The lowest BCUT2D eigenvalue weighted by molar-refractivity contribution is 1.18. The molecule has 0 unspecified atom stereocenters. The number of hydrogen-bond acceptors (Lipinski definition) is 3. The van der Waals surface area contributed by atoms with E-state index >= 15 is 0 Å². The van der Waals surface area contributed by atoms with Gasteiger partial charge in [0.2, 0.25) is 0 Å². The molecule has 0 aliphatic carbocycles. The highest BCUT2D eigenvalue weighted by Crippen LogP contribution is 2.45. The second-order valence-corrected chi connectivity index (χ2v) is 18.8. The highest BCUT2D eigenvalue weighted by atomic mass is 32.1. The molecule has 0 saturated heterocycles. The molecule has 0 saturated carbocycles. The Morgan fingerprint density at radius 2 is 0.671 bits per heavy atom. The maximum atomic E-state index is 2.45. The number of benzene rings is 11. The molecule has 0 atom stereocenters. The van der Waals surface area contributed by atoms with Crippen molar-refractivity contribution in [2.45, 2.75) is 0 Å². The number of para-hydroxylation sites is 2. The molecule has 0 spiro atoms. The summed E-state index contributed by atoms with van der Waals surface area (Å²) >= 11 is 1.87. The molecule has 4 heteroatoms. The third-order valence-electron chi connectivity index (χ3n) is 13.6. The van der Waals surface area contributed by atoms with E-state index < -0.39 is 0 Å². The molecule has 0 amide bonds. The average Bonchev–Trinajstić information content (AvgIpc) is 3.96. The van der Waals surface area contributed by atoms with Gasteiger partial charge in [0.05, 0.1) is 11.0 Å². The fourth-order valence-electron chi connectivity index (χ4n) is 10.2. The normalized spacial score (nSPS) is 11.4. The molecule has 3 nitrogen and oxygen atoms in total. The summed E-state index contributed by atoms with van der Waals surface area (Å²) in [6.07, 6.45) is 0. The molecule has 0 fully saturated rings. The van der Waals surface area contributed by atoms with E-state index in [9.17, 15) is 0 Å². The van der Waals surface area contributed by atoms with Gasteiger partial charge in [-0.25, -0.2) is 0 Å². The average molecular weight is 912 g/mol. The molecule has 70 heavy (non-hydrogen) atoms. The van der Waals surface area contributed by atoms with Crippen molar-refractivity contribution in [3.63, 3.8) is 0 Å². The first-order valence-corrected chi connectivity index (χ1v) is 24.6. The van der Waals surface area contributed by atoms with E-state index in [1.807, 2.05) is 11.3 Å². The highest BCUT2D eigenvalue weighted by molar-refractivity contribution is 7.25. The zero-order valence-corrected chi connectivity index (χ0v) is 39.0. The molecule has 13 aromatic rings. The Hall–Kier alpha value is -8.96. The van der Waals surface area contributed by atoms with Crippen molar-refractivity contribution >= 4 is 87.4 Å². The SMILES string of the molecule is c1ccc(-c2ccc(N(c3cccc(-c4ccc(N(c5ccccc5)c5ccccc5)cc4)c3)c3ccc4c(c3)c3cc5c(cc3n4-c3ccc(-c4ccccc4)cc3)sc3ccccc35)cc2)cc1. The van der Waals surface area contributed by atoms with E-state index in [4.69, 9.17) is 0 Å². The van der Waals surface area contributed by atoms with E-state index in [-0.39, 0.29) is 0 Å². The van der Waals surface area contributed by atoms with Crippen LogP contribution in [0, 0.1) is 0 Å². The third kappa shape index (κ3) is 7.48. The van der Waals surface area contributed by atoms with Crippen molar-refractivity contribution in [2.24, 2.45) is 0 Å². The minimum atomic E-state index is 1.08. The molecule has 330 valence electrons. The first kappa shape index (κ1) is 41.2. The number of hydrogen-bond donors (Lipinski definition) is 0. The van der Waals surface area contributed by atoms with Gasteiger partial charge in [-0.1, -0.05) is 164 Å². The fourth-order valence-corrected chi connectivity index (χ4v) is 11.3. The second-order valence-electron chi connectivity index (χ2n) is 17.8. The largest absolute Gasteiger partial charge is 0.311 e. The van der Waals surface area contributed by atoms with Crippen LogP contribution in [0.15, 0.2) is 273 Å². The van der Waals surface area contributed by atoms with Gasteiger partial charge in [0, 0.05) is 70.8 Å². The third-order valence-corrected chi connectivity index (χ3v) is 14.7. The predicted molar refractivity (Wildman–Crippen MR) is 299 cm³/mol. The molecule has 0 bridgehead atoms. The van der Waals surface area contributed by atoms with Gasteiger partial charge in [-0.05, 0) is 143 Å². The van der Waals surface area contributed by atoms with Crippen molar-refractivity contribution in [2.75, 3.05) is 9.80 Å².